The lowest BCUT2D eigenvalue weighted by atomic mass is 9.92. The molecule has 7 heteroatoms. The molecule has 1 aliphatic heterocycles. The number of hydrogen-bond acceptors (Lipinski definition) is 4. The van der Waals surface area contributed by atoms with Gasteiger partial charge in [-0.2, -0.15) is 10.2 Å². The minimum atomic E-state index is -0.0368. The van der Waals surface area contributed by atoms with Gasteiger partial charge in [-0.05, 0) is 25.5 Å². The van der Waals surface area contributed by atoms with Gasteiger partial charge >= 0.3 is 0 Å². The maximum atomic E-state index is 12.5. The molecule has 0 aromatic carbocycles. The predicted molar refractivity (Wildman–Crippen MR) is 97.5 cm³/mol. The number of anilines is 1. The van der Waals surface area contributed by atoms with Crippen LogP contribution in [-0.2, 0) is 17.3 Å². The summed E-state index contributed by atoms with van der Waals surface area (Å²) in [5.74, 6) is 1.18. The minimum absolute atomic E-state index is 0.00807. The summed E-state index contributed by atoms with van der Waals surface area (Å²) in [6.07, 6.45) is 4.02. The van der Waals surface area contributed by atoms with E-state index in [1.807, 2.05) is 19.2 Å². The van der Waals surface area contributed by atoms with E-state index in [0.29, 0.717) is 12.5 Å². The number of aromatic amines is 1. The normalized spacial score (nSPS) is 19.1. The van der Waals surface area contributed by atoms with Crippen molar-refractivity contribution in [3.8, 4) is 0 Å². The third-order valence-electron chi connectivity index (χ3n) is 4.75. The molecule has 2 aromatic rings. The van der Waals surface area contributed by atoms with E-state index in [2.05, 4.69) is 46.3 Å². The summed E-state index contributed by atoms with van der Waals surface area (Å²) in [6.45, 7) is 8.59. The van der Waals surface area contributed by atoms with Gasteiger partial charge in [0.15, 0.2) is 0 Å². The fourth-order valence-electron chi connectivity index (χ4n) is 3.28. The van der Waals surface area contributed by atoms with Crippen molar-refractivity contribution >= 4 is 11.7 Å². The molecule has 25 heavy (non-hydrogen) atoms. The highest BCUT2D eigenvalue weighted by molar-refractivity contribution is 5.91. The van der Waals surface area contributed by atoms with Gasteiger partial charge in [0.1, 0.15) is 5.82 Å². The van der Waals surface area contributed by atoms with E-state index in [1.54, 1.807) is 10.9 Å². The number of nitrogens with one attached hydrogen (secondary N) is 2. The highest BCUT2D eigenvalue weighted by Crippen LogP contribution is 2.25. The lowest BCUT2D eigenvalue weighted by Crippen LogP contribution is -2.40. The van der Waals surface area contributed by atoms with Crippen molar-refractivity contribution < 1.29 is 4.79 Å². The largest absolute Gasteiger partial charge is 0.310 e. The van der Waals surface area contributed by atoms with E-state index < -0.39 is 0 Å². The highest BCUT2D eigenvalue weighted by Gasteiger charge is 2.24. The first-order valence-electron chi connectivity index (χ1n) is 8.89. The smallest absolute Gasteiger partial charge is 0.239 e. The Hall–Kier alpha value is -2.15. The van der Waals surface area contributed by atoms with Crippen LogP contribution in [0.15, 0.2) is 18.3 Å². The monoisotopic (exact) mass is 344 g/mol. The SMILES string of the molecule is Cn1nc(C(C)(C)C)cc1NC(=O)CN1CCC[C@@H](c2ccn[nH]2)C1. The van der Waals surface area contributed by atoms with E-state index in [4.69, 9.17) is 0 Å². The van der Waals surface area contributed by atoms with Crippen LogP contribution in [-0.4, -0.2) is 50.4 Å². The van der Waals surface area contributed by atoms with Crippen LogP contribution in [0.5, 0.6) is 0 Å². The van der Waals surface area contributed by atoms with Crippen LogP contribution < -0.4 is 5.32 Å². The van der Waals surface area contributed by atoms with E-state index in [9.17, 15) is 4.79 Å². The number of aromatic nitrogens is 4. The average molecular weight is 344 g/mol. The van der Waals surface area contributed by atoms with E-state index >= 15 is 0 Å². The molecule has 3 heterocycles. The molecule has 0 radical (unpaired) electrons. The zero-order valence-corrected chi connectivity index (χ0v) is 15.5. The number of likely N-dealkylation sites (tertiary alicyclic amines) is 1. The van der Waals surface area contributed by atoms with Gasteiger partial charge in [-0.15, -0.1) is 0 Å². The van der Waals surface area contributed by atoms with Crippen molar-refractivity contribution in [2.24, 2.45) is 7.05 Å². The van der Waals surface area contributed by atoms with Crippen molar-refractivity contribution in [2.45, 2.75) is 44.9 Å². The van der Waals surface area contributed by atoms with Crippen molar-refractivity contribution in [2.75, 3.05) is 25.0 Å². The van der Waals surface area contributed by atoms with Gasteiger partial charge in [-0.25, -0.2) is 0 Å². The highest BCUT2D eigenvalue weighted by atomic mass is 16.2. The molecular formula is C18H28N6O. The molecule has 3 rings (SSSR count). The van der Waals surface area contributed by atoms with Crippen LogP contribution in [0.3, 0.4) is 0 Å². The summed E-state index contributed by atoms with van der Waals surface area (Å²) in [4.78, 5) is 14.7. The Labute approximate surface area is 148 Å². The third-order valence-corrected chi connectivity index (χ3v) is 4.75. The Kier molecular flexibility index (Phi) is 4.94. The average Bonchev–Trinajstić information content (AvgIpc) is 3.18. The third kappa shape index (κ3) is 4.28. The number of rotatable bonds is 4. The number of aryl methyl sites for hydroxylation is 1. The summed E-state index contributed by atoms with van der Waals surface area (Å²) in [7, 11) is 1.86. The molecule has 2 aromatic heterocycles. The lowest BCUT2D eigenvalue weighted by molar-refractivity contribution is -0.117. The molecule has 1 fully saturated rings. The van der Waals surface area contributed by atoms with E-state index in [-0.39, 0.29) is 11.3 Å². The zero-order valence-electron chi connectivity index (χ0n) is 15.5. The van der Waals surface area contributed by atoms with Crippen molar-refractivity contribution in [1.29, 1.82) is 0 Å². The Bertz CT molecular complexity index is 713. The van der Waals surface area contributed by atoms with Gasteiger partial charge in [0.25, 0.3) is 0 Å². The molecule has 1 amide bonds. The predicted octanol–water partition coefficient (Wildman–Crippen LogP) is 2.26. The van der Waals surface area contributed by atoms with E-state index in [1.165, 1.54) is 0 Å². The first-order chi connectivity index (χ1) is 11.8. The number of nitrogens with zero attached hydrogens (tertiary/aromatic N) is 4. The molecule has 1 atom stereocenters. The maximum absolute atomic E-state index is 12.5. The number of hydrogen-bond donors (Lipinski definition) is 2. The van der Waals surface area contributed by atoms with Gasteiger partial charge in [0, 0.05) is 42.9 Å². The molecular weight excluding hydrogens is 316 g/mol. The van der Waals surface area contributed by atoms with Crippen molar-refractivity contribution in [3.63, 3.8) is 0 Å². The van der Waals surface area contributed by atoms with Crippen LogP contribution in [0.4, 0.5) is 5.82 Å². The van der Waals surface area contributed by atoms with Crippen LogP contribution in [0, 0.1) is 0 Å². The summed E-state index contributed by atoms with van der Waals surface area (Å²) >= 11 is 0. The van der Waals surface area contributed by atoms with Gasteiger partial charge in [0.2, 0.25) is 5.91 Å². The topological polar surface area (TPSA) is 78.8 Å². The van der Waals surface area contributed by atoms with Crippen LogP contribution in [0.1, 0.15) is 50.9 Å². The summed E-state index contributed by atoms with van der Waals surface area (Å²) in [5, 5.41) is 14.6. The summed E-state index contributed by atoms with van der Waals surface area (Å²) in [6, 6.07) is 3.99. The van der Waals surface area contributed by atoms with Crippen LogP contribution in [0.2, 0.25) is 0 Å². The Balaban J connectivity index is 1.58. The molecule has 0 spiro atoms. The fraction of sp³-hybridized carbons (Fsp3) is 0.611. The second-order valence-corrected chi connectivity index (χ2v) is 7.92. The van der Waals surface area contributed by atoms with Crippen molar-refractivity contribution in [1.82, 2.24) is 24.9 Å². The Morgan fingerprint density at radius 2 is 2.24 bits per heavy atom. The minimum Gasteiger partial charge on any atom is -0.310 e. The van der Waals surface area contributed by atoms with Crippen LogP contribution in [0.25, 0.3) is 0 Å². The first kappa shape index (κ1) is 17.7. The molecule has 2 N–H and O–H groups in total. The maximum Gasteiger partial charge on any atom is 0.239 e. The number of carbonyl (C=O) groups excluding carboxylic acids is 1. The van der Waals surface area contributed by atoms with Gasteiger partial charge in [-0.3, -0.25) is 19.5 Å². The lowest BCUT2D eigenvalue weighted by Gasteiger charge is -2.31. The second kappa shape index (κ2) is 7.00. The zero-order chi connectivity index (χ0) is 18.0. The van der Waals surface area contributed by atoms with Crippen molar-refractivity contribution in [3.05, 3.63) is 29.7 Å². The number of H-pyrrole nitrogens is 1. The molecule has 1 saturated heterocycles. The Morgan fingerprint density at radius 3 is 2.88 bits per heavy atom. The van der Waals surface area contributed by atoms with E-state index in [0.717, 1.165) is 43.1 Å². The molecule has 0 aliphatic carbocycles. The molecule has 0 unspecified atom stereocenters. The van der Waals surface area contributed by atoms with Gasteiger partial charge < -0.3 is 5.32 Å². The summed E-state index contributed by atoms with van der Waals surface area (Å²) < 4.78 is 1.74. The second-order valence-electron chi connectivity index (χ2n) is 7.92. The number of carbonyl (C=O) groups is 1. The first-order valence-corrected chi connectivity index (χ1v) is 8.89. The molecule has 136 valence electrons. The molecule has 1 aliphatic rings. The van der Waals surface area contributed by atoms with Gasteiger partial charge in [0.05, 0.1) is 12.2 Å². The number of piperidine rings is 1. The quantitative estimate of drug-likeness (QED) is 0.892. The summed E-state index contributed by atoms with van der Waals surface area (Å²) in [5.41, 5.74) is 2.10. The molecule has 7 nitrogen and oxygen atoms in total. The Morgan fingerprint density at radius 1 is 1.44 bits per heavy atom. The standard InChI is InChI=1S/C18H28N6O/c1-18(2,3)15-10-16(23(4)22-15)20-17(25)12-24-9-5-6-13(11-24)14-7-8-19-21-14/h7-8,10,13H,5-6,9,11-12H2,1-4H3,(H,19,21)(H,20,25)/t13-/m1/s1. The molecule has 0 saturated carbocycles. The number of amides is 1. The van der Waals surface area contributed by atoms with Gasteiger partial charge in [-0.1, -0.05) is 20.8 Å². The molecule has 0 bridgehead atoms. The fourth-order valence-corrected chi connectivity index (χ4v) is 3.28. The van der Waals surface area contributed by atoms with Crippen LogP contribution >= 0.6 is 0 Å².